The first-order chi connectivity index (χ1) is 9.74. The lowest BCUT2D eigenvalue weighted by atomic mass is 9.84. The molecule has 1 aromatic rings. The molecule has 0 spiro atoms. The normalized spacial score (nSPS) is 34.7. The van der Waals surface area contributed by atoms with E-state index in [1.807, 2.05) is 0 Å². The minimum absolute atomic E-state index is 0.0302. The fourth-order valence-corrected chi connectivity index (χ4v) is 3.91. The monoisotopic (exact) mass is 273 g/mol. The van der Waals surface area contributed by atoms with Crippen LogP contribution in [0.15, 0.2) is 30.3 Å². The molecular weight excluding hydrogens is 246 g/mol. The number of likely N-dealkylation sites (N-methyl/N-ethyl adjacent to an activating group) is 1. The van der Waals surface area contributed by atoms with Gasteiger partial charge in [-0.1, -0.05) is 37.3 Å². The summed E-state index contributed by atoms with van der Waals surface area (Å²) in [5, 5.41) is 3.73. The number of nitrogens with one attached hydrogen (secondary N) is 1. The highest BCUT2D eigenvalue weighted by atomic mass is 16.5. The van der Waals surface area contributed by atoms with E-state index in [9.17, 15) is 0 Å². The van der Waals surface area contributed by atoms with Gasteiger partial charge in [0.05, 0.1) is 5.60 Å². The van der Waals surface area contributed by atoms with E-state index in [2.05, 4.69) is 49.5 Å². The van der Waals surface area contributed by atoms with Gasteiger partial charge >= 0.3 is 0 Å². The molecule has 1 saturated heterocycles. The maximum absolute atomic E-state index is 6.20. The van der Waals surface area contributed by atoms with Crippen molar-refractivity contribution in [3.8, 4) is 0 Å². The number of hydrogen-bond acceptors (Lipinski definition) is 2. The second-order valence-electron chi connectivity index (χ2n) is 6.57. The van der Waals surface area contributed by atoms with Gasteiger partial charge < -0.3 is 10.1 Å². The van der Waals surface area contributed by atoms with Gasteiger partial charge in [-0.25, -0.2) is 0 Å². The standard InChI is InChI=1S/C18H27NO/c1-3-19-17(18(2)11-7-8-12-20-18)16-13-15(16)14-9-5-4-6-10-14/h4-6,9-10,15-17,19H,3,7-8,11-13H2,1-2H3. The first kappa shape index (κ1) is 14.1. The topological polar surface area (TPSA) is 21.3 Å². The molecule has 0 amide bonds. The van der Waals surface area contributed by atoms with E-state index >= 15 is 0 Å². The summed E-state index contributed by atoms with van der Waals surface area (Å²) < 4.78 is 6.20. The molecule has 1 aromatic carbocycles. The van der Waals surface area contributed by atoms with Gasteiger partial charge in [-0.3, -0.25) is 0 Å². The fourth-order valence-electron chi connectivity index (χ4n) is 3.91. The Bertz CT molecular complexity index is 424. The van der Waals surface area contributed by atoms with Gasteiger partial charge in [-0.05, 0) is 56.6 Å². The van der Waals surface area contributed by atoms with Crippen molar-refractivity contribution in [1.29, 1.82) is 0 Å². The number of benzene rings is 1. The summed E-state index contributed by atoms with van der Waals surface area (Å²) in [7, 11) is 0. The van der Waals surface area contributed by atoms with Crippen LogP contribution in [0.4, 0.5) is 0 Å². The molecule has 0 radical (unpaired) electrons. The van der Waals surface area contributed by atoms with Gasteiger partial charge in [-0.15, -0.1) is 0 Å². The molecule has 110 valence electrons. The second kappa shape index (κ2) is 5.87. The predicted molar refractivity (Wildman–Crippen MR) is 83.0 cm³/mol. The number of hydrogen-bond donors (Lipinski definition) is 1. The molecule has 4 atom stereocenters. The van der Waals surface area contributed by atoms with Crippen LogP contribution < -0.4 is 5.32 Å². The van der Waals surface area contributed by atoms with Crippen LogP contribution in [-0.2, 0) is 4.74 Å². The third kappa shape index (κ3) is 2.77. The van der Waals surface area contributed by atoms with Crippen molar-refractivity contribution in [2.75, 3.05) is 13.2 Å². The lowest BCUT2D eigenvalue weighted by Crippen LogP contribution is -2.53. The number of ether oxygens (including phenoxy) is 1. The molecule has 1 aliphatic heterocycles. The molecule has 2 aliphatic rings. The summed E-state index contributed by atoms with van der Waals surface area (Å²) in [6.07, 6.45) is 5.03. The molecule has 1 N–H and O–H groups in total. The van der Waals surface area contributed by atoms with E-state index in [0.717, 1.165) is 25.0 Å². The molecule has 1 heterocycles. The van der Waals surface area contributed by atoms with E-state index in [1.54, 1.807) is 0 Å². The summed E-state index contributed by atoms with van der Waals surface area (Å²) in [5.74, 6) is 1.46. The van der Waals surface area contributed by atoms with Crippen LogP contribution in [-0.4, -0.2) is 24.8 Å². The van der Waals surface area contributed by atoms with E-state index < -0.39 is 0 Å². The van der Waals surface area contributed by atoms with Crippen molar-refractivity contribution in [1.82, 2.24) is 5.32 Å². The van der Waals surface area contributed by atoms with Gasteiger partial charge in [0, 0.05) is 12.6 Å². The minimum atomic E-state index is 0.0302. The average Bonchev–Trinajstić information content (AvgIpc) is 3.26. The summed E-state index contributed by atoms with van der Waals surface area (Å²) >= 11 is 0. The van der Waals surface area contributed by atoms with Gasteiger partial charge in [0.25, 0.3) is 0 Å². The molecule has 3 rings (SSSR count). The molecule has 2 fully saturated rings. The lowest BCUT2D eigenvalue weighted by molar-refractivity contribution is -0.0931. The zero-order valence-electron chi connectivity index (χ0n) is 12.8. The molecule has 0 aromatic heterocycles. The van der Waals surface area contributed by atoms with E-state index in [4.69, 9.17) is 4.74 Å². The maximum atomic E-state index is 6.20. The highest BCUT2D eigenvalue weighted by Gasteiger charge is 2.51. The van der Waals surface area contributed by atoms with Crippen LogP contribution >= 0.6 is 0 Å². The zero-order chi connectivity index (χ0) is 14.0. The summed E-state index contributed by atoms with van der Waals surface area (Å²) in [6.45, 7) is 6.49. The maximum Gasteiger partial charge on any atom is 0.0809 e. The van der Waals surface area contributed by atoms with Crippen LogP contribution in [0, 0.1) is 5.92 Å². The smallest absolute Gasteiger partial charge is 0.0809 e. The second-order valence-corrected chi connectivity index (χ2v) is 6.57. The van der Waals surface area contributed by atoms with Crippen molar-refractivity contribution in [2.24, 2.45) is 5.92 Å². The van der Waals surface area contributed by atoms with Crippen molar-refractivity contribution in [3.05, 3.63) is 35.9 Å². The Morgan fingerprint density at radius 3 is 2.75 bits per heavy atom. The first-order valence-electron chi connectivity index (χ1n) is 8.17. The Labute approximate surface area is 122 Å². The molecule has 1 saturated carbocycles. The Hall–Kier alpha value is -0.860. The van der Waals surface area contributed by atoms with Crippen molar-refractivity contribution in [2.45, 2.75) is 57.1 Å². The Morgan fingerprint density at radius 1 is 1.30 bits per heavy atom. The third-order valence-electron chi connectivity index (χ3n) is 5.08. The van der Waals surface area contributed by atoms with Crippen LogP contribution in [0.25, 0.3) is 0 Å². The molecule has 2 heteroatoms. The quantitative estimate of drug-likeness (QED) is 0.882. The van der Waals surface area contributed by atoms with E-state index in [-0.39, 0.29) is 5.60 Å². The fraction of sp³-hybridized carbons (Fsp3) is 0.667. The highest BCUT2D eigenvalue weighted by Crippen LogP contribution is 2.53. The summed E-state index contributed by atoms with van der Waals surface area (Å²) in [5.41, 5.74) is 1.53. The minimum Gasteiger partial charge on any atom is -0.374 e. The molecule has 20 heavy (non-hydrogen) atoms. The van der Waals surface area contributed by atoms with Crippen LogP contribution in [0.5, 0.6) is 0 Å². The van der Waals surface area contributed by atoms with Crippen LogP contribution in [0.3, 0.4) is 0 Å². The summed E-state index contributed by atoms with van der Waals surface area (Å²) in [4.78, 5) is 0. The lowest BCUT2D eigenvalue weighted by Gasteiger charge is -2.41. The van der Waals surface area contributed by atoms with Gasteiger partial charge in [-0.2, -0.15) is 0 Å². The van der Waals surface area contributed by atoms with Crippen molar-refractivity contribution < 1.29 is 4.74 Å². The molecular formula is C18H27NO. The average molecular weight is 273 g/mol. The molecule has 2 nitrogen and oxygen atoms in total. The van der Waals surface area contributed by atoms with Gasteiger partial charge in [0.1, 0.15) is 0 Å². The first-order valence-corrected chi connectivity index (χ1v) is 8.17. The zero-order valence-corrected chi connectivity index (χ0v) is 12.8. The van der Waals surface area contributed by atoms with Gasteiger partial charge in [0.2, 0.25) is 0 Å². The molecule has 4 unspecified atom stereocenters. The van der Waals surface area contributed by atoms with Crippen molar-refractivity contribution >= 4 is 0 Å². The predicted octanol–water partition coefficient (Wildman–Crippen LogP) is 3.73. The SMILES string of the molecule is CCNC(C1CC1c1ccccc1)C1(C)CCCCO1. The van der Waals surface area contributed by atoms with Crippen LogP contribution in [0.2, 0.25) is 0 Å². The number of rotatable bonds is 5. The Kier molecular flexibility index (Phi) is 4.13. The van der Waals surface area contributed by atoms with E-state index in [1.165, 1.54) is 31.2 Å². The third-order valence-corrected chi connectivity index (χ3v) is 5.08. The Balaban J connectivity index is 1.72. The molecule has 1 aliphatic carbocycles. The molecule has 0 bridgehead atoms. The van der Waals surface area contributed by atoms with Crippen LogP contribution in [0.1, 0.15) is 51.0 Å². The Morgan fingerprint density at radius 2 is 2.10 bits per heavy atom. The van der Waals surface area contributed by atoms with E-state index in [0.29, 0.717) is 6.04 Å². The highest BCUT2D eigenvalue weighted by molar-refractivity contribution is 5.27. The largest absolute Gasteiger partial charge is 0.374 e. The van der Waals surface area contributed by atoms with Gasteiger partial charge in [0.15, 0.2) is 0 Å². The van der Waals surface area contributed by atoms with Crippen molar-refractivity contribution in [3.63, 3.8) is 0 Å². The summed E-state index contributed by atoms with van der Waals surface area (Å²) in [6, 6.07) is 11.5.